The summed E-state index contributed by atoms with van der Waals surface area (Å²) >= 11 is 1.66. The molecule has 2 unspecified atom stereocenters. The van der Waals surface area contributed by atoms with Gasteiger partial charge in [0.15, 0.2) is 0 Å². The van der Waals surface area contributed by atoms with Gasteiger partial charge in [0.2, 0.25) is 5.91 Å². The number of thioether (sulfide) groups is 1. The normalized spacial score (nSPS) is 25.7. The van der Waals surface area contributed by atoms with Gasteiger partial charge in [0, 0.05) is 5.92 Å². The van der Waals surface area contributed by atoms with E-state index in [1.165, 1.54) is 0 Å². The molecule has 1 heterocycles. The van der Waals surface area contributed by atoms with E-state index >= 15 is 0 Å². The van der Waals surface area contributed by atoms with Crippen LogP contribution in [0.5, 0.6) is 0 Å². The van der Waals surface area contributed by atoms with E-state index in [2.05, 4.69) is 5.32 Å². The molecule has 2 aliphatic rings. The van der Waals surface area contributed by atoms with Crippen LogP contribution in [0.4, 0.5) is 8.78 Å². The molecule has 23 heavy (non-hydrogen) atoms. The lowest BCUT2D eigenvalue weighted by atomic mass is 9.92. The second-order valence-corrected chi connectivity index (χ2v) is 7.33. The maximum atomic E-state index is 13.8. The number of hydrogen-bond acceptors (Lipinski definition) is 3. The molecule has 2 N–H and O–H groups in total. The van der Waals surface area contributed by atoms with Crippen molar-refractivity contribution in [2.45, 2.75) is 30.7 Å². The predicted octanol–water partition coefficient (Wildman–Crippen LogP) is 2.53. The lowest BCUT2D eigenvalue weighted by Gasteiger charge is -2.33. The summed E-state index contributed by atoms with van der Waals surface area (Å²) in [5, 5.41) is 12.1. The standard InChI is InChI=1S/C16H17F2NO3S/c17-9-1-2-13(18)11(7-9)10-8-12(10)14(20)19-16(15(21)22)3-5-23-6-4-16/h1-2,7,10,12H,3-6,8H2,(H,19,20)(H,21,22). The smallest absolute Gasteiger partial charge is 0.329 e. The number of benzene rings is 1. The van der Waals surface area contributed by atoms with Crippen molar-refractivity contribution in [3.05, 3.63) is 35.4 Å². The van der Waals surface area contributed by atoms with Crippen molar-refractivity contribution in [1.82, 2.24) is 5.32 Å². The molecule has 0 bridgehead atoms. The number of aliphatic carboxylic acids is 1. The highest BCUT2D eigenvalue weighted by molar-refractivity contribution is 7.99. The molecule has 0 radical (unpaired) electrons. The monoisotopic (exact) mass is 341 g/mol. The molecule has 124 valence electrons. The van der Waals surface area contributed by atoms with Crippen LogP contribution in [0.3, 0.4) is 0 Å². The molecule has 3 rings (SSSR count). The number of carboxylic acid groups (broad SMARTS) is 1. The topological polar surface area (TPSA) is 66.4 Å². The highest BCUT2D eigenvalue weighted by Crippen LogP contribution is 2.49. The van der Waals surface area contributed by atoms with Crippen molar-refractivity contribution in [3.8, 4) is 0 Å². The first kappa shape index (κ1) is 16.2. The van der Waals surface area contributed by atoms with Crippen LogP contribution in [0.1, 0.15) is 30.7 Å². The second kappa shape index (κ2) is 6.11. The highest BCUT2D eigenvalue weighted by atomic mass is 32.2. The summed E-state index contributed by atoms with van der Waals surface area (Å²) in [5.41, 5.74) is -1.04. The number of carbonyl (C=O) groups is 2. The van der Waals surface area contributed by atoms with E-state index in [0.29, 0.717) is 30.8 Å². The van der Waals surface area contributed by atoms with Gasteiger partial charge in [-0.3, -0.25) is 4.79 Å². The minimum atomic E-state index is -1.23. The average Bonchev–Trinajstić information content (AvgIpc) is 3.31. The molecular weight excluding hydrogens is 324 g/mol. The van der Waals surface area contributed by atoms with E-state index in [-0.39, 0.29) is 17.4 Å². The van der Waals surface area contributed by atoms with Crippen molar-refractivity contribution in [2.24, 2.45) is 5.92 Å². The summed E-state index contributed by atoms with van der Waals surface area (Å²) in [6.07, 6.45) is 1.17. The van der Waals surface area contributed by atoms with Gasteiger partial charge in [0.1, 0.15) is 17.2 Å². The van der Waals surface area contributed by atoms with Crippen molar-refractivity contribution in [1.29, 1.82) is 0 Å². The van der Waals surface area contributed by atoms with Gasteiger partial charge in [-0.05, 0) is 60.4 Å². The molecule has 1 aliphatic heterocycles. The molecule has 1 saturated heterocycles. The molecule has 0 aromatic heterocycles. The Labute approximate surface area is 136 Å². The SMILES string of the molecule is O=C(NC1(C(=O)O)CCSCC1)C1CC1c1cc(F)ccc1F. The Bertz CT molecular complexity index is 646. The van der Waals surface area contributed by atoms with Crippen molar-refractivity contribution >= 4 is 23.6 Å². The number of hydrogen-bond donors (Lipinski definition) is 2. The maximum Gasteiger partial charge on any atom is 0.329 e. The summed E-state index contributed by atoms with van der Waals surface area (Å²) in [6, 6.07) is 3.20. The van der Waals surface area contributed by atoms with Crippen molar-refractivity contribution in [2.75, 3.05) is 11.5 Å². The molecule has 2 fully saturated rings. The van der Waals surface area contributed by atoms with Gasteiger partial charge in [-0.15, -0.1) is 0 Å². The molecule has 1 saturated carbocycles. The molecule has 2 atom stereocenters. The fourth-order valence-corrected chi connectivity index (χ4v) is 4.26. The van der Waals surface area contributed by atoms with E-state index < -0.39 is 29.1 Å². The van der Waals surface area contributed by atoms with Gasteiger partial charge >= 0.3 is 5.97 Å². The lowest BCUT2D eigenvalue weighted by Crippen LogP contribution is -2.57. The average molecular weight is 341 g/mol. The third-order valence-electron chi connectivity index (χ3n) is 4.60. The Kier molecular flexibility index (Phi) is 4.31. The quantitative estimate of drug-likeness (QED) is 0.883. The van der Waals surface area contributed by atoms with Gasteiger partial charge in [0.25, 0.3) is 0 Å². The first-order chi connectivity index (χ1) is 10.9. The minimum absolute atomic E-state index is 0.189. The van der Waals surface area contributed by atoms with Crippen LogP contribution in [0.2, 0.25) is 0 Å². The molecule has 1 aromatic rings. The Balaban J connectivity index is 1.70. The van der Waals surface area contributed by atoms with E-state index in [1.807, 2.05) is 0 Å². The molecule has 1 aromatic carbocycles. The van der Waals surface area contributed by atoms with E-state index in [9.17, 15) is 23.5 Å². The van der Waals surface area contributed by atoms with Gasteiger partial charge in [-0.25, -0.2) is 13.6 Å². The van der Waals surface area contributed by atoms with Gasteiger partial charge in [-0.1, -0.05) is 0 Å². The van der Waals surface area contributed by atoms with Crippen LogP contribution in [-0.2, 0) is 9.59 Å². The highest BCUT2D eigenvalue weighted by Gasteiger charge is 2.49. The summed E-state index contributed by atoms with van der Waals surface area (Å²) in [7, 11) is 0. The lowest BCUT2D eigenvalue weighted by molar-refractivity contribution is -0.148. The molecule has 7 heteroatoms. The predicted molar refractivity (Wildman–Crippen MR) is 82.3 cm³/mol. The fourth-order valence-electron chi connectivity index (χ4n) is 3.07. The molecule has 0 spiro atoms. The maximum absolute atomic E-state index is 13.8. The van der Waals surface area contributed by atoms with Crippen LogP contribution in [0, 0.1) is 17.6 Å². The van der Waals surface area contributed by atoms with Crippen molar-refractivity contribution < 1.29 is 23.5 Å². The van der Waals surface area contributed by atoms with E-state index in [1.54, 1.807) is 11.8 Å². The molecule has 1 aliphatic carbocycles. The van der Waals surface area contributed by atoms with E-state index in [0.717, 1.165) is 18.2 Å². The Morgan fingerprint density at radius 2 is 1.96 bits per heavy atom. The first-order valence-electron chi connectivity index (χ1n) is 7.51. The van der Waals surface area contributed by atoms with Gasteiger partial charge < -0.3 is 10.4 Å². The number of halogens is 2. The van der Waals surface area contributed by atoms with Gasteiger partial charge in [0.05, 0.1) is 0 Å². The Morgan fingerprint density at radius 3 is 2.61 bits per heavy atom. The number of carboxylic acids is 1. The van der Waals surface area contributed by atoms with Crippen LogP contribution in [0.15, 0.2) is 18.2 Å². The largest absolute Gasteiger partial charge is 0.480 e. The first-order valence-corrected chi connectivity index (χ1v) is 8.66. The summed E-state index contributed by atoms with van der Waals surface area (Å²) in [4.78, 5) is 23.9. The van der Waals surface area contributed by atoms with Crippen LogP contribution in [-0.4, -0.2) is 34.0 Å². The van der Waals surface area contributed by atoms with E-state index in [4.69, 9.17) is 0 Å². The van der Waals surface area contributed by atoms with Crippen LogP contribution in [0.25, 0.3) is 0 Å². The number of amides is 1. The number of nitrogens with one attached hydrogen (secondary N) is 1. The van der Waals surface area contributed by atoms with Crippen LogP contribution < -0.4 is 5.32 Å². The third-order valence-corrected chi connectivity index (χ3v) is 5.59. The molecule has 4 nitrogen and oxygen atoms in total. The third kappa shape index (κ3) is 3.20. The van der Waals surface area contributed by atoms with Crippen molar-refractivity contribution in [3.63, 3.8) is 0 Å². The zero-order valence-corrected chi connectivity index (χ0v) is 13.2. The second-order valence-electron chi connectivity index (χ2n) is 6.10. The molecular formula is C16H17F2NO3S. The summed E-state index contributed by atoms with van der Waals surface area (Å²) in [5.74, 6) is -1.99. The number of carbonyl (C=O) groups excluding carboxylic acids is 1. The molecule has 1 amide bonds. The summed E-state index contributed by atoms with van der Waals surface area (Å²) in [6.45, 7) is 0. The fraction of sp³-hybridized carbons (Fsp3) is 0.500. The zero-order valence-electron chi connectivity index (χ0n) is 12.4. The Morgan fingerprint density at radius 1 is 1.26 bits per heavy atom. The zero-order chi connectivity index (χ0) is 16.6. The van der Waals surface area contributed by atoms with Gasteiger partial charge in [-0.2, -0.15) is 11.8 Å². The van der Waals surface area contributed by atoms with Crippen LogP contribution >= 0.6 is 11.8 Å². The number of rotatable bonds is 4. The summed E-state index contributed by atoms with van der Waals surface area (Å²) < 4.78 is 27.0. The Hall–Kier alpha value is -1.63. The minimum Gasteiger partial charge on any atom is -0.480 e.